The molecule has 1 amide bonds. The molecule has 0 radical (unpaired) electrons. The Morgan fingerprint density at radius 2 is 2.32 bits per heavy atom. The Labute approximate surface area is 114 Å². The van der Waals surface area contributed by atoms with E-state index in [4.69, 9.17) is 0 Å². The molecule has 1 saturated heterocycles. The van der Waals surface area contributed by atoms with E-state index in [-0.39, 0.29) is 0 Å². The van der Waals surface area contributed by atoms with Gasteiger partial charge in [0, 0.05) is 37.4 Å². The first-order valence-electron chi connectivity index (χ1n) is 7.24. The molecular weight excluding hydrogens is 238 g/mol. The van der Waals surface area contributed by atoms with E-state index in [9.17, 15) is 4.79 Å². The van der Waals surface area contributed by atoms with Gasteiger partial charge >= 0.3 is 0 Å². The van der Waals surface area contributed by atoms with Crippen molar-refractivity contribution in [1.82, 2.24) is 15.2 Å². The number of hydrogen-bond donors (Lipinski definition) is 1. The average Bonchev–Trinajstić information content (AvgIpc) is 3.15. The van der Waals surface area contributed by atoms with Crippen LogP contribution in [0.3, 0.4) is 0 Å². The van der Waals surface area contributed by atoms with Crippen LogP contribution < -0.4 is 5.32 Å². The number of rotatable bonds is 5. The summed E-state index contributed by atoms with van der Waals surface area (Å²) in [5.41, 5.74) is 1.13. The van der Waals surface area contributed by atoms with Crippen LogP contribution in [0.15, 0.2) is 24.5 Å². The van der Waals surface area contributed by atoms with E-state index in [1.807, 2.05) is 18.3 Å². The van der Waals surface area contributed by atoms with Gasteiger partial charge in [-0.1, -0.05) is 6.07 Å². The summed E-state index contributed by atoms with van der Waals surface area (Å²) in [5.74, 6) is 0.297. The van der Waals surface area contributed by atoms with Crippen molar-refractivity contribution in [2.45, 2.75) is 50.7 Å². The zero-order chi connectivity index (χ0) is 13.1. The number of nitrogens with zero attached hydrogens (tertiary/aromatic N) is 2. The lowest BCUT2D eigenvalue weighted by atomic mass is 10.1. The molecule has 1 unspecified atom stereocenters. The van der Waals surface area contributed by atoms with Gasteiger partial charge in [-0.15, -0.1) is 0 Å². The Morgan fingerprint density at radius 3 is 2.95 bits per heavy atom. The second kappa shape index (κ2) is 5.70. The highest BCUT2D eigenvalue weighted by Gasteiger charge is 2.33. The first kappa shape index (κ1) is 12.6. The largest absolute Gasteiger partial charge is 0.335 e. The first-order valence-corrected chi connectivity index (χ1v) is 7.24. The summed E-state index contributed by atoms with van der Waals surface area (Å²) in [7, 11) is 0. The lowest BCUT2D eigenvalue weighted by Crippen LogP contribution is -2.37. The molecular formula is C15H21N3O. The van der Waals surface area contributed by atoms with E-state index in [0.717, 1.165) is 31.4 Å². The lowest BCUT2D eigenvalue weighted by molar-refractivity contribution is -0.132. The van der Waals surface area contributed by atoms with Gasteiger partial charge in [-0.3, -0.25) is 9.78 Å². The summed E-state index contributed by atoms with van der Waals surface area (Å²) in [6.45, 7) is 1.77. The molecule has 1 aliphatic heterocycles. The van der Waals surface area contributed by atoms with Crippen LogP contribution in [-0.2, 0) is 11.3 Å². The van der Waals surface area contributed by atoms with E-state index in [1.165, 1.54) is 6.42 Å². The van der Waals surface area contributed by atoms with Crippen LogP contribution in [0.2, 0.25) is 0 Å². The standard InChI is InChI=1S/C15H21N3O/c19-15(9-13-4-2-8-17-13)18(14-5-6-14)11-12-3-1-7-16-10-12/h1,3,7,10,13-14,17H,2,4-6,8-9,11H2. The number of pyridine rings is 1. The highest BCUT2D eigenvalue weighted by atomic mass is 16.2. The lowest BCUT2D eigenvalue weighted by Gasteiger charge is -2.24. The van der Waals surface area contributed by atoms with Crippen molar-refractivity contribution >= 4 is 5.91 Å². The number of aromatic nitrogens is 1. The van der Waals surface area contributed by atoms with E-state index in [2.05, 4.69) is 15.2 Å². The minimum atomic E-state index is 0.297. The highest BCUT2D eigenvalue weighted by molar-refractivity contribution is 5.77. The van der Waals surface area contributed by atoms with Crippen molar-refractivity contribution in [2.75, 3.05) is 6.54 Å². The van der Waals surface area contributed by atoms with Crippen LogP contribution in [0.4, 0.5) is 0 Å². The van der Waals surface area contributed by atoms with Gasteiger partial charge in [-0.05, 0) is 43.9 Å². The SMILES string of the molecule is O=C(CC1CCCN1)N(Cc1cccnc1)C1CC1. The van der Waals surface area contributed by atoms with Gasteiger partial charge in [-0.2, -0.15) is 0 Å². The van der Waals surface area contributed by atoms with Crippen LogP contribution in [0.25, 0.3) is 0 Å². The topological polar surface area (TPSA) is 45.2 Å². The number of carbonyl (C=O) groups excluding carboxylic acids is 1. The molecule has 3 rings (SSSR count). The second-order valence-corrected chi connectivity index (χ2v) is 5.61. The Bertz CT molecular complexity index is 424. The van der Waals surface area contributed by atoms with Crippen molar-refractivity contribution in [3.05, 3.63) is 30.1 Å². The fourth-order valence-corrected chi connectivity index (χ4v) is 2.75. The van der Waals surface area contributed by atoms with Gasteiger partial charge < -0.3 is 10.2 Å². The van der Waals surface area contributed by atoms with Crippen LogP contribution in [-0.4, -0.2) is 34.4 Å². The van der Waals surface area contributed by atoms with Crippen molar-refractivity contribution < 1.29 is 4.79 Å². The van der Waals surface area contributed by atoms with Crippen LogP contribution in [0.5, 0.6) is 0 Å². The van der Waals surface area contributed by atoms with Crippen molar-refractivity contribution in [2.24, 2.45) is 0 Å². The van der Waals surface area contributed by atoms with E-state index in [1.54, 1.807) is 6.20 Å². The molecule has 1 saturated carbocycles. The van der Waals surface area contributed by atoms with Crippen molar-refractivity contribution in [1.29, 1.82) is 0 Å². The number of hydrogen-bond acceptors (Lipinski definition) is 3. The van der Waals surface area contributed by atoms with E-state index < -0.39 is 0 Å². The molecule has 4 heteroatoms. The highest BCUT2D eigenvalue weighted by Crippen LogP contribution is 2.29. The summed E-state index contributed by atoms with van der Waals surface area (Å²) in [4.78, 5) is 18.6. The molecule has 0 spiro atoms. The smallest absolute Gasteiger partial charge is 0.224 e. The Hall–Kier alpha value is -1.42. The molecule has 102 valence electrons. The molecule has 1 aliphatic carbocycles. The summed E-state index contributed by atoms with van der Waals surface area (Å²) >= 11 is 0. The van der Waals surface area contributed by atoms with E-state index >= 15 is 0 Å². The minimum absolute atomic E-state index is 0.297. The molecule has 19 heavy (non-hydrogen) atoms. The summed E-state index contributed by atoms with van der Waals surface area (Å²) in [6, 6.07) is 4.84. The molecule has 0 aromatic carbocycles. The maximum absolute atomic E-state index is 12.5. The molecule has 2 fully saturated rings. The second-order valence-electron chi connectivity index (χ2n) is 5.61. The van der Waals surface area contributed by atoms with Gasteiger partial charge in [0.1, 0.15) is 0 Å². The van der Waals surface area contributed by atoms with Crippen molar-refractivity contribution in [3.63, 3.8) is 0 Å². The van der Waals surface area contributed by atoms with Gasteiger partial charge in [0.25, 0.3) is 0 Å². The summed E-state index contributed by atoms with van der Waals surface area (Å²) in [6.07, 6.45) is 8.93. The molecule has 4 nitrogen and oxygen atoms in total. The zero-order valence-corrected chi connectivity index (χ0v) is 11.2. The number of carbonyl (C=O) groups is 1. The predicted molar refractivity (Wildman–Crippen MR) is 73.5 cm³/mol. The third-order valence-electron chi connectivity index (χ3n) is 3.97. The molecule has 0 bridgehead atoms. The van der Waals surface area contributed by atoms with Crippen LogP contribution in [0, 0.1) is 0 Å². The fourth-order valence-electron chi connectivity index (χ4n) is 2.75. The summed E-state index contributed by atoms with van der Waals surface area (Å²) < 4.78 is 0. The zero-order valence-electron chi connectivity index (χ0n) is 11.2. The fraction of sp³-hybridized carbons (Fsp3) is 0.600. The molecule has 1 atom stereocenters. The Morgan fingerprint density at radius 1 is 1.42 bits per heavy atom. The van der Waals surface area contributed by atoms with Gasteiger partial charge in [0.05, 0.1) is 0 Å². The normalized spacial score (nSPS) is 22.4. The van der Waals surface area contributed by atoms with Gasteiger partial charge in [0.2, 0.25) is 5.91 Å². The number of nitrogens with one attached hydrogen (secondary N) is 1. The Balaban J connectivity index is 1.61. The van der Waals surface area contributed by atoms with Crippen LogP contribution >= 0.6 is 0 Å². The first-order chi connectivity index (χ1) is 9.33. The molecule has 1 aromatic heterocycles. The summed E-state index contributed by atoms with van der Waals surface area (Å²) in [5, 5.41) is 3.41. The maximum atomic E-state index is 12.5. The predicted octanol–water partition coefficient (Wildman–Crippen LogP) is 1.71. The number of amides is 1. The van der Waals surface area contributed by atoms with Gasteiger partial charge in [-0.25, -0.2) is 0 Å². The molecule has 1 N–H and O–H groups in total. The third kappa shape index (κ3) is 3.32. The average molecular weight is 259 g/mol. The third-order valence-corrected chi connectivity index (χ3v) is 3.97. The van der Waals surface area contributed by atoms with Gasteiger partial charge in [0.15, 0.2) is 0 Å². The minimum Gasteiger partial charge on any atom is -0.335 e. The molecule has 2 heterocycles. The molecule has 2 aliphatic rings. The van der Waals surface area contributed by atoms with Crippen molar-refractivity contribution in [3.8, 4) is 0 Å². The van der Waals surface area contributed by atoms with E-state index in [0.29, 0.717) is 31.0 Å². The monoisotopic (exact) mass is 259 g/mol. The quantitative estimate of drug-likeness (QED) is 0.875. The Kier molecular flexibility index (Phi) is 3.78. The maximum Gasteiger partial charge on any atom is 0.224 e. The molecule has 1 aromatic rings. The van der Waals surface area contributed by atoms with Crippen LogP contribution in [0.1, 0.15) is 37.7 Å².